The van der Waals surface area contributed by atoms with Crippen molar-refractivity contribution < 1.29 is 0 Å². The number of anilines is 3. The molecule has 0 atom stereocenters. The van der Waals surface area contributed by atoms with E-state index in [0.29, 0.717) is 5.56 Å². The number of nitriles is 1. The van der Waals surface area contributed by atoms with Gasteiger partial charge in [0.15, 0.2) is 0 Å². The van der Waals surface area contributed by atoms with Crippen LogP contribution >= 0.6 is 0 Å². The van der Waals surface area contributed by atoms with Gasteiger partial charge in [-0.25, -0.2) is 0 Å². The molecule has 0 saturated carbocycles. The topological polar surface area (TPSA) is 42.3 Å². The lowest BCUT2D eigenvalue weighted by Crippen LogP contribution is -2.44. The molecule has 2 aromatic rings. The molecule has 2 aromatic carbocycles. The molecular formula is C20H24N4. The molecule has 3 rings (SSSR count). The SMILES string of the molecule is Cc1ccc(Nc2c(C#N)ccc(N3CCN(C)CC3)c2C)cc1. The fourth-order valence-corrected chi connectivity index (χ4v) is 3.13. The van der Waals surface area contributed by atoms with E-state index >= 15 is 0 Å². The van der Waals surface area contributed by atoms with Crippen LogP contribution in [0.4, 0.5) is 17.1 Å². The molecule has 1 fully saturated rings. The van der Waals surface area contributed by atoms with E-state index < -0.39 is 0 Å². The smallest absolute Gasteiger partial charge is 0.101 e. The first-order chi connectivity index (χ1) is 11.6. The van der Waals surface area contributed by atoms with Gasteiger partial charge in [-0.2, -0.15) is 5.26 Å². The van der Waals surface area contributed by atoms with Gasteiger partial charge in [0.25, 0.3) is 0 Å². The number of nitrogens with zero attached hydrogens (tertiary/aromatic N) is 3. The van der Waals surface area contributed by atoms with Crippen LogP contribution < -0.4 is 10.2 Å². The number of hydrogen-bond donors (Lipinski definition) is 1. The second kappa shape index (κ2) is 6.94. The molecule has 1 aliphatic rings. The molecule has 0 aromatic heterocycles. The highest BCUT2D eigenvalue weighted by Crippen LogP contribution is 2.32. The zero-order chi connectivity index (χ0) is 17.1. The highest BCUT2D eigenvalue weighted by molar-refractivity contribution is 5.76. The van der Waals surface area contributed by atoms with Crippen LogP contribution in [0.2, 0.25) is 0 Å². The van der Waals surface area contributed by atoms with E-state index in [9.17, 15) is 5.26 Å². The van der Waals surface area contributed by atoms with Gasteiger partial charge in [-0.05, 0) is 50.7 Å². The van der Waals surface area contributed by atoms with Gasteiger partial charge in [-0.3, -0.25) is 0 Å². The second-order valence-electron chi connectivity index (χ2n) is 6.53. The molecule has 1 aliphatic heterocycles. The lowest BCUT2D eigenvalue weighted by molar-refractivity contribution is 0.312. The zero-order valence-electron chi connectivity index (χ0n) is 14.6. The Morgan fingerprint density at radius 2 is 1.62 bits per heavy atom. The molecule has 0 radical (unpaired) electrons. The molecule has 0 unspecified atom stereocenters. The van der Waals surface area contributed by atoms with Gasteiger partial charge in [0, 0.05) is 37.6 Å². The maximum Gasteiger partial charge on any atom is 0.101 e. The molecule has 4 heteroatoms. The summed E-state index contributed by atoms with van der Waals surface area (Å²) in [4.78, 5) is 4.76. The van der Waals surface area contributed by atoms with Crippen molar-refractivity contribution in [1.82, 2.24) is 4.90 Å². The van der Waals surface area contributed by atoms with Crippen molar-refractivity contribution in [3.8, 4) is 6.07 Å². The monoisotopic (exact) mass is 320 g/mol. The van der Waals surface area contributed by atoms with Crippen LogP contribution in [0.25, 0.3) is 0 Å². The van der Waals surface area contributed by atoms with Crippen molar-refractivity contribution in [1.29, 1.82) is 5.26 Å². The number of benzene rings is 2. The van der Waals surface area contributed by atoms with Crippen LogP contribution in [0.15, 0.2) is 36.4 Å². The summed E-state index contributed by atoms with van der Waals surface area (Å²) in [5, 5.41) is 12.9. The Bertz CT molecular complexity index is 750. The van der Waals surface area contributed by atoms with E-state index in [1.807, 2.05) is 6.07 Å². The third kappa shape index (κ3) is 3.37. The van der Waals surface area contributed by atoms with Crippen molar-refractivity contribution in [2.24, 2.45) is 0 Å². The van der Waals surface area contributed by atoms with Crippen molar-refractivity contribution in [2.45, 2.75) is 13.8 Å². The summed E-state index contributed by atoms with van der Waals surface area (Å²) in [5.74, 6) is 0. The summed E-state index contributed by atoms with van der Waals surface area (Å²) >= 11 is 0. The molecule has 1 heterocycles. The Morgan fingerprint density at radius 1 is 0.958 bits per heavy atom. The lowest BCUT2D eigenvalue weighted by atomic mass is 10.0. The van der Waals surface area contributed by atoms with E-state index in [1.165, 1.54) is 11.3 Å². The third-order valence-electron chi connectivity index (χ3n) is 4.72. The van der Waals surface area contributed by atoms with E-state index in [1.54, 1.807) is 0 Å². The summed E-state index contributed by atoms with van der Waals surface area (Å²) in [7, 11) is 2.16. The van der Waals surface area contributed by atoms with Gasteiger partial charge in [-0.1, -0.05) is 17.7 Å². The Morgan fingerprint density at radius 3 is 2.25 bits per heavy atom. The highest BCUT2D eigenvalue weighted by Gasteiger charge is 2.19. The molecule has 1 saturated heterocycles. The molecule has 0 aliphatic carbocycles. The fourth-order valence-electron chi connectivity index (χ4n) is 3.13. The van der Waals surface area contributed by atoms with Gasteiger partial charge >= 0.3 is 0 Å². The minimum atomic E-state index is 0.686. The van der Waals surface area contributed by atoms with Crippen LogP contribution in [-0.2, 0) is 0 Å². The number of nitrogens with one attached hydrogen (secondary N) is 1. The Kier molecular flexibility index (Phi) is 4.73. The average Bonchev–Trinajstić information content (AvgIpc) is 2.59. The predicted octanol–water partition coefficient (Wildman–Crippen LogP) is 3.67. The normalized spacial score (nSPS) is 15.2. The molecule has 0 amide bonds. The van der Waals surface area contributed by atoms with E-state index in [2.05, 4.69) is 72.4 Å². The maximum atomic E-state index is 9.49. The fraction of sp³-hybridized carbons (Fsp3) is 0.350. The number of rotatable bonds is 3. The van der Waals surface area contributed by atoms with Gasteiger partial charge in [0.2, 0.25) is 0 Å². The summed E-state index contributed by atoms with van der Waals surface area (Å²) in [6, 6.07) is 14.6. The standard InChI is InChI=1S/C20H24N4/c1-15-4-7-18(8-5-15)22-20-16(2)19(9-6-17(20)14-21)24-12-10-23(3)11-13-24/h4-9,22H,10-13H2,1-3H3. The molecular weight excluding hydrogens is 296 g/mol. The third-order valence-corrected chi connectivity index (χ3v) is 4.72. The van der Waals surface area contributed by atoms with Gasteiger partial charge in [-0.15, -0.1) is 0 Å². The lowest BCUT2D eigenvalue weighted by Gasteiger charge is -2.35. The van der Waals surface area contributed by atoms with Crippen molar-refractivity contribution >= 4 is 17.1 Å². The first kappa shape index (κ1) is 16.4. The van der Waals surface area contributed by atoms with Crippen LogP contribution in [0.3, 0.4) is 0 Å². The minimum Gasteiger partial charge on any atom is -0.369 e. The van der Waals surface area contributed by atoms with Gasteiger partial charge in [0.05, 0.1) is 11.3 Å². The Hall–Kier alpha value is -2.51. The Balaban J connectivity index is 1.93. The number of piperazine rings is 1. The molecule has 124 valence electrons. The van der Waals surface area contributed by atoms with Crippen molar-refractivity contribution in [2.75, 3.05) is 43.4 Å². The van der Waals surface area contributed by atoms with Gasteiger partial charge in [0.1, 0.15) is 6.07 Å². The first-order valence-electron chi connectivity index (χ1n) is 8.39. The summed E-state index contributed by atoms with van der Waals surface area (Å²) < 4.78 is 0. The molecule has 1 N–H and O–H groups in total. The molecule has 24 heavy (non-hydrogen) atoms. The Labute approximate surface area is 144 Å². The van der Waals surface area contributed by atoms with Crippen LogP contribution in [-0.4, -0.2) is 38.1 Å². The summed E-state index contributed by atoms with van der Waals surface area (Å²) in [6.07, 6.45) is 0. The van der Waals surface area contributed by atoms with Crippen LogP contribution in [0.5, 0.6) is 0 Å². The van der Waals surface area contributed by atoms with E-state index in [0.717, 1.165) is 43.1 Å². The minimum absolute atomic E-state index is 0.686. The van der Waals surface area contributed by atoms with E-state index in [-0.39, 0.29) is 0 Å². The number of aryl methyl sites for hydroxylation is 1. The zero-order valence-corrected chi connectivity index (χ0v) is 14.6. The molecule has 0 spiro atoms. The average molecular weight is 320 g/mol. The molecule has 4 nitrogen and oxygen atoms in total. The van der Waals surface area contributed by atoms with Gasteiger partial charge < -0.3 is 15.1 Å². The second-order valence-corrected chi connectivity index (χ2v) is 6.53. The van der Waals surface area contributed by atoms with Crippen LogP contribution in [0.1, 0.15) is 16.7 Å². The number of likely N-dealkylation sites (N-methyl/N-ethyl adjacent to an activating group) is 1. The maximum absolute atomic E-state index is 9.49. The first-order valence-corrected chi connectivity index (χ1v) is 8.39. The van der Waals surface area contributed by atoms with Crippen LogP contribution in [0, 0.1) is 25.2 Å². The molecule has 0 bridgehead atoms. The summed E-state index contributed by atoms with van der Waals surface area (Å²) in [5.41, 5.74) is 6.19. The highest BCUT2D eigenvalue weighted by atomic mass is 15.2. The predicted molar refractivity (Wildman–Crippen MR) is 100 cm³/mol. The quantitative estimate of drug-likeness (QED) is 0.937. The van der Waals surface area contributed by atoms with Crippen molar-refractivity contribution in [3.05, 3.63) is 53.1 Å². The van der Waals surface area contributed by atoms with E-state index in [4.69, 9.17) is 0 Å². The van der Waals surface area contributed by atoms with Crippen molar-refractivity contribution in [3.63, 3.8) is 0 Å². The number of hydrogen-bond acceptors (Lipinski definition) is 4. The summed E-state index contributed by atoms with van der Waals surface area (Å²) in [6.45, 7) is 8.36. The largest absolute Gasteiger partial charge is 0.369 e.